The Balaban J connectivity index is 1.86. The summed E-state index contributed by atoms with van der Waals surface area (Å²) in [6.45, 7) is 1.22. The highest BCUT2D eigenvalue weighted by molar-refractivity contribution is 5.48. The van der Waals surface area contributed by atoms with E-state index in [1.807, 2.05) is 24.3 Å². The molecular weight excluding hydrogens is 348 g/mol. The Morgan fingerprint density at radius 2 is 1.39 bits per heavy atom. The van der Waals surface area contributed by atoms with E-state index in [-0.39, 0.29) is 5.92 Å². The molecule has 0 N–H and O–H groups in total. The molecule has 28 heavy (non-hydrogen) atoms. The average molecular weight is 372 g/mol. The highest BCUT2D eigenvalue weighted by Gasteiger charge is 2.38. The van der Waals surface area contributed by atoms with Gasteiger partial charge in [-0.1, -0.05) is 72.8 Å². The molecule has 0 aliphatic carbocycles. The molecule has 0 aromatic heterocycles. The van der Waals surface area contributed by atoms with Crippen molar-refractivity contribution in [2.45, 2.75) is 5.60 Å². The molecule has 0 saturated carbocycles. The second kappa shape index (κ2) is 8.32. The van der Waals surface area contributed by atoms with Crippen molar-refractivity contribution in [3.8, 4) is 5.75 Å². The summed E-state index contributed by atoms with van der Waals surface area (Å²) in [6.07, 6.45) is 3.82. The lowest BCUT2D eigenvalue weighted by molar-refractivity contribution is -0.00566. The first kappa shape index (κ1) is 18.3. The summed E-state index contributed by atoms with van der Waals surface area (Å²) in [6, 6.07) is 28.9. The third-order valence-electron chi connectivity index (χ3n) is 5.13. The topological polar surface area (TPSA) is 27.7 Å². The number of methoxy groups -OCH3 is 1. The van der Waals surface area contributed by atoms with Crippen LogP contribution >= 0.6 is 0 Å². The monoisotopic (exact) mass is 372 g/mol. The van der Waals surface area contributed by atoms with Crippen molar-refractivity contribution < 1.29 is 14.2 Å². The van der Waals surface area contributed by atoms with Gasteiger partial charge in [-0.15, -0.1) is 0 Å². The second-order valence-corrected chi connectivity index (χ2v) is 6.87. The van der Waals surface area contributed by atoms with Crippen LogP contribution in [0.25, 0.3) is 0 Å². The van der Waals surface area contributed by atoms with Crippen LogP contribution in [0.1, 0.15) is 16.7 Å². The van der Waals surface area contributed by atoms with Gasteiger partial charge in [0.25, 0.3) is 0 Å². The fourth-order valence-corrected chi connectivity index (χ4v) is 3.66. The Morgan fingerprint density at radius 1 is 0.821 bits per heavy atom. The minimum absolute atomic E-state index is 0.241. The number of ether oxygens (including phenoxy) is 3. The lowest BCUT2D eigenvalue weighted by Crippen LogP contribution is -2.34. The first-order valence-corrected chi connectivity index (χ1v) is 9.51. The van der Waals surface area contributed by atoms with Gasteiger partial charge < -0.3 is 14.2 Å². The van der Waals surface area contributed by atoms with Gasteiger partial charge in [0.2, 0.25) is 0 Å². The highest BCUT2D eigenvalue weighted by Crippen LogP contribution is 2.41. The van der Waals surface area contributed by atoms with Crippen LogP contribution in [0.4, 0.5) is 0 Å². The fraction of sp³-hybridized carbons (Fsp3) is 0.200. The van der Waals surface area contributed by atoms with E-state index >= 15 is 0 Å². The van der Waals surface area contributed by atoms with Gasteiger partial charge >= 0.3 is 0 Å². The minimum atomic E-state index is -0.717. The quantitative estimate of drug-likeness (QED) is 0.536. The summed E-state index contributed by atoms with van der Waals surface area (Å²) in [4.78, 5) is 0. The van der Waals surface area contributed by atoms with Crippen LogP contribution < -0.4 is 4.74 Å². The maximum Gasteiger partial charge on any atom is 0.143 e. The Kier molecular flexibility index (Phi) is 5.45. The Hall–Kier alpha value is -3.04. The van der Waals surface area contributed by atoms with Crippen molar-refractivity contribution in [3.05, 3.63) is 114 Å². The molecule has 4 rings (SSSR count). The predicted molar refractivity (Wildman–Crippen MR) is 110 cm³/mol. The van der Waals surface area contributed by atoms with E-state index in [0.717, 1.165) is 22.4 Å². The summed E-state index contributed by atoms with van der Waals surface area (Å²) >= 11 is 0. The normalized spacial score (nSPS) is 16.0. The Bertz CT molecular complexity index is 862. The molecule has 1 atom stereocenters. The molecule has 3 aromatic carbocycles. The summed E-state index contributed by atoms with van der Waals surface area (Å²) in [5.41, 5.74) is 2.53. The minimum Gasteiger partial charge on any atom is -0.501 e. The van der Waals surface area contributed by atoms with Crippen LogP contribution in [0.3, 0.4) is 0 Å². The van der Waals surface area contributed by atoms with E-state index < -0.39 is 5.60 Å². The molecule has 0 saturated heterocycles. The van der Waals surface area contributed by atoms with Gasteiger partial charge in [0.1, 0.15) is 11.4 Å². The molecular formula is C25H24O3. The zero-order valence-corrected chi connectivity index (χ0v) is 16.0. The molecule has 0 fully saturated rings. The standard InChI is InChI=1S/C25H24O3/c1-26-24-14-12-23(13-15-24)25(21-8-4-2-5-9-21,22-10-6-3-7-11-22)28-19-20-16-17-27-18-20/h2-17,20H,18-19H2,1H3/t20-/m1/s1. The van der Waals surface area contributed by atoms with Crippen molar-refractivity contribution in [1.29, 1.82) is 0 Å². The van der Waals surface area contributed by atoms with E-state index in [2.05, 4.69) is 66.7 Å². The second-order valence-electron chi connectivity index (χ2n) is 6.87. The molecule has 1 heterocycles. The smallest absolute Gasteiger partial charge is 0.143 e. The number of rotatable bonds is 7. The number of benzene rings is 3. The van der Waals surface area contributed by atoms with E-state index in [1.54, 1.807) is 13.4 Å². The van der Waals surface area contributed by atoms with Crippen molar-refractivity contribution in [2.24, 2.45) is 5.92 Å². The van der Waals surface area contributed by atoms with Crippen LogP contribution in [-0.4, -0.2) is 20.3 Å². The molecule has 1 aliphatic heterocycles. The van der Waals surface area contributed by atoms with Gasteiger partial charge in [-0.3, -0.25) is 0 Å². The summed E-state index contributed by atoms with van der Waals surface area (Å²) in [5, 5.41) is 0. The van der Waals surface area contributed by atoms with Crippen LogP contribution in [0.2, 0.25) is 0 Å². The summed E-state index contributed by atoms with van der Waals surface area (Å²) in [7, 11) is 1.68. The molecule has 0 spiro atoms. The van der Waals surface area contributed by atoms with E-state index in [4.69, 9.17) is 14.2 Å². The maximum atomic E-state index is 6.77. The van der Waals surface area contributed by atoms with Gasteiger partial charge in [-0.05, 0) is 34.9 Å². The van der Waals surface area contributed by atoms with Crippen molar-refractivity contribution in [1.82, 2.24) is 0 Å². The SMILES string of the molecule is COc1ccc(C(OC[C@@H]2C=COC2)(c2ccccc2)c2ccccc2)cc1. The van der Waals surface area contributed by atoms with E-state index in [0.29, 0.717) is 13.2 Å². The molecule has 1 aliphatic rings. The molecule has 3 heteroatoms. The van der Waals surface area contributed by atoms with E-state index in [9.17, 15) is 0 Å². The third kappa shape index (κ3) is 3.54. The number of hydrogen-bond acceptors (Lipinski definition) is 3. The van der Waals surface area contributed by atoms with Gasteiger partial charge in [-0.25, -0.2) is 0 Å². The fourth-order valence-electron chi connectivity index (χ4n) is 3.66. The molecule has 0 bridgehead atoms. The number of hydrogen-bond donors (Lipinski definition) is 0. The predicted octanol–water partition coefficient (Wildman–Crippen LogP) is 5.16. The van der Waals surface area contributed by atoms with Gasteiger partial charge in [0, 0.05) is 5.92 Å². The zero-order chi connectivity index (χ0) is 19.2. The van der Waals surface area contributed by atoms with Crippen LogP contribution in [0, 0.1) is 5.92 Å². The van der Waals surface area contributed by atoms with Crippen molar-refractivity contribution in [3.63, 3.8) is 0 Å². The molecule has 142 valence electrons. The van der Waals surface area contributed by atoms with Crippen LogP contribution in [0.5, 0.6) is 5.75 Å². The van der Waals surface area contributed by atoms with Crippen molar-refractivity contribution in [2.75, 3.05) is 20.3 Å². The molecule has 0 amide bonds. The summed E-state index contributed by atoms with van der Waals surface area (Å²) in [5.74, 6) is 1.07. The van der Waals surface area contributed by atoms with Gasteiger partial charge in [-0.2, -0.15) is 0 Å². The molecule has 3 nitrogen and oxygen atoms in total. The lowest BCUT2D eigenvalue weighted by atomic mass is 9.80. The molecule has 3 aromatic rings. The lowest BCUT2D eigenvalue weighted by Gasteiger charge is -2.36. The molecule has 0 unspecified atom stereocenters. The third-order valence-corrected chi connectivity index (χ3v) is 5.13. The zero-order valence-electron chi connectivity index (χ0n) is 16.0. The average Bonchev–Trinajstić information content (AvgIpc) is 3.30. The highest BCUT2D eigenvalue weighted by atomic mass is 16.5. The Labute approximate surface area is 166 Å². The molecule has 0 radical (unpaired) electrons. The van der Waals surface area contributed by atoms with Gasteiger partial charge in [0.15, 0.2) is 0 Å². The van der Waals surface area contributed by atoms with Gasteiger partial charge in [0.05, 0.1) is 26.6 Å². The van der Waals surface area contributed by atoms with Crippen LogP contribution in [0.15, 0.2) is 97.3 Å². The van der Waals surface area contributed by atoms with Crippen LogP contribution in [-0.2, 0) is 15.1 Å². The van der Waals surface area contributed by atoms with Crippen molar-refractivity contribution >= 4 is 0 Å². The first-order valence-electron chi connectivity index (χ1n) is 9.51. The maximum absolute atomic E-state index is 6.77. The first-order chi connectivity index (χ1) is 13.8. The van der Waals surface area contributed by atoms with E-state index in [1.165, 1.54) is 0 Å². The summed E-state index contributed by atoms with van der Waals surface area (Å²) < 4.78 is 17.5. The largest absolute Gasteiger partial charge is 0.501 e. The Morgan fingerprint density at radius 3 is 1.89 bits per heavy atom.